The number of hydrogen-bond donors (Lipinski definition) is 1. The zero-order chi connectivity index (χ0) is 16.7. The van der Waals surface area contributed by atoms with E-state index >= 15 is 0 Å². The average Bonchev–Trinajstić information content (AvgIpc) is 3.41. The first-order chi connectivity index (χ1) is 11.6. The lowest BCUT2D eigenvalue weighted by molar-refractivity contribution is -0.117. The molecule has 1 N–H and O–H groups in total. The number of hydrogen-bond acceptors (Lipinski definition) is 2. The van der Waals surface area contributed by atoms with Gasteiger partial charge in [-0.2, -0.15) is 0 Å². The maximum Gasteiger partial charge on any atom is 0.326 e. The van der Waals surface area contributed by atoms with E-state index in [1.54, 1.807) is 24.3 Å². The molecule has 122 valence electrons. The van der Waals surface area contributed by atoms with E-state index in [4.69, 9.17) is 11.6 Å². The molecule has 0 spiro atoms. The smallest absolute Gasteiger partial charge is 0.308 e. The van der Waals surface area contributed by atoms with Crippen LogP contribution >= 0.6 is 11.6 Å². The molecule has 3 amide bonds. The first kappa shape index (κ1) is 15.0. The van der Waals surface area contributed by atoms with Crippen molar-refractivity contribution in [2.75, 3.05) is 21.7 Å². The van der Waals surface area contributed by atoms with Crippen molar-refractivity contribution in [3.05, 3.63) is 53.6 Å². The Morgan fingerprint density at radius 3 is 2.38 bits per heavy atom. The van der Waals surface area contributed by atoms with Gasteiger partial charge in [0.25, 0.3) is 0 Å². The van der Waals surface area contributed by atoms with E-state index in [0.29, 0.717) is 10.7 Å². The number of fused-ring (bicyclic) bond motifs is 1. The lowest BCUT2D eigenvalue weighted by Gasteiger charge is -2.36. The van der Waals surface area contributed by atoms with E-state index in [0.717, 1.165) is 24.2 Å². The Balaban J connectivity index is 1.62. The second kappa shape index (κ2) is 5.83. The fraction of sp³-hybridized carbons (Fsp3) is 0.222. The van der Waals surface area contributed by atoms with Crippen molar-refractivity contribution >= 4 is 40.6 Å². The number of benzene rings is 2. The molecule has 5 nitrogen and oxygen atoms in total. The van der Waals surface area contributed by atoms with Crippen LogP contribution in [-0.2, 0) is 4.79 Å². The van der Waals surface area contributed by atoms with Crippen LogP contribution in [0.15, 0.2) is 48.5 Å². The molecule has 0 saturated heterocycles. The predicted molar refractivity (Wildman–Crippen MR) is 94.8 cm³/mol. The van der Waals surface area contributed by atoms with Crippen molar-refractivity contribution in [1.29, 1.82) is 0 Å². The number of nitrogens with one attached hydrogen (secondary N) is 1. The van der Waals surface area contributed by atoms with Gasteiger partial charge in [0, 0.05) is 16.8 Å². The van der Waals surface area contributed by atoms with Gasteiger partial charge in [-0.05, 0) is 49.2 Å². The maximum absolute atomic E-state index is 12.7. The van der Waals surface area contributed by atoms with E-state index in [1.165, 1.54) is 4.90 Å². The number of carbonyl (C=O) groups excluding carboxylic acids is 2. The van der Waals surface area contributed by atoms with Gasteiger partial charge in [-0.1, -0.05) is 23.7 Å². The molecule has 0 unspecified atom stereocenters. The standard InChI is InChI=1S/C18H16ClN3O2/c19-12-5-7-13(8-6-12)20-18(24)21-11-17(23)22(14-9-10-14)16-4-2-1-3-15(16)21/h1-8,14H,9-11H2,(H,20,24). The molecule has 2 aromatic rings. The summed E-state index contributed by atoms with van der Waals surface area (Å²) in [6.45, 7) is 0.0485. The van der Waals surface area contributed by atoms with Crippen LogP contribution in [0.2, 0.25) is 5.02 Å². The quantitative estimate of drug-likeness (QED) is 0.901. The van der Waals surface area contributed by atoms with E-state index in [-0.39, 0.29) is 24.5 Å². The van der Waals surface area contributed by atoms with Gasteiger partial charge in [0.1, 0.15) is 6.54 Å². The van der Waals surface area contributed by atoms with E-state index in [1.807, 2.05) is 29.2 Å². The SMILES string of the molecule is O=C(Nc1ccc(Cl)cc1)N1CC(=O)N(C2CC2)c2ccccc21. The van der Waals surface area contributed by atoms with Crippen molar-refractivity contribution < 1.29 is 9.59 Å². The second-order valence-electron chi connectivity index (χ2n) is 6.01. The number of rotatable bonds is 2. The summed E-state index contributed by atoms with van der Waals surface area (Å²) in [5, 5.41) is 3.42. The molecule has 0 aromatic heterocycles. The highest BCUT2D eigenvalue weighted by atomic mass is 35.5. The van der Waals surface area contributed by atoms with Crippen LogP contribution in [0.1, 0.15) is 12.8 Å². The zero-order valence-electron chi connectivity index (χ0n) is 12.9. The van der Waals surface area contributed by atoms with Crippen LogP contribution in [0.3, 0.4) is 0 Å². The Kier molecular flexibility index (Phi) is 3.65. The Morgan fingerprint density at radius 2 is 1.71 bits per heavy atom. The number of amides is 3. The minimum Gasteiger partial charge on any atom is -0.308 e. The van der Waals surface area contributed by atoms with Crippen LogP contribution in [0.5, 0.6) is 0 Å². The zero-order valence-corrected chi connectivity index (χ0v) is 13.7. The Hall–Kier alpha value is -2.53. The second-order valence-corrected chi connectivity index (χ2v) is 6.44. The molecule has 2 aliphatic rings. The molecule has 2 aromatic carbocycles. The Bertz CT molecular complexity index is 802. The lowest BCUT2D eigenvalue weighted by Crippen LogP contribution is -2.50. The molecule has 24 heavy (non-hydrogen) atoms. The number of para-hydroxylation sites is 2. The average molecular weight is 342 g/mol. The summed E-state index contributed by atoms with van der Waals surface area (Å²) in [6.07, 6.45) is 2.05. The third-order valence-electron chi connectivity index (χ3n) is 4.25. The van der Waals surface area contributed by atoms with Gasteiger partial charge in [-0.15, -0.1) is 0 Å². The lowest BCUT2D eigenvalue weighted by atomic mass is 10.1. The molecule has 0 atom stereocenters. The highest BCUT2D eigenvalue weighted by molar-refractivity contribution is 6.30. The molecule has 6 heteroatoms. The highest BCUT2D eigenvalue weighted by Gasteiger charge is 2.40. The number of nitrogens with zero attached hydrogens (tertiary/aromatic N) is 2. The molecule has 1 heterocycles. The van der Waals surface area contributed by atoms with Gasteiger partial charge in [-0.25, -0.2) is 4.79 Å². The van der Waals surface area contributed by atoms with Gasteiger partial charge < -0.3 is 10.2 Å². The molecule has 1 aliphatic heterocycles. The molecule has 0 radical (unpaired) electrons. The third kappa shape index (κ3) is 2.71. The van der Waals surface area contributed by atoms with Crippen molar-refractivity contribution in [2.24, 2.45) is 0 Å². The van der Waals surface area contributed by atoms with Crippen molar-refractivity contribution in [2.45, 2.75) is 18.9 Å². The van der Waals surface area contributed by atoms with E-state index in [9.17, 15) is 9.59 Å². The topological polar surface area (TPSA) is 52.7 Å². The summed E-state index contributed by atoms with van der Waals surface area (Å²) in [7, 11) is 0. The minimum atomic E-state index is -0.325. The van der Waals surface area contributed by atoms with Gasteiger partial charge in [0.15, 0.2) is 0 Å². The molecule has 1 aliphatic carbocycles. The number of urea groups is 1. The Labute approximate surface area is 144 Å². The molecule has 0 bridgehead atoms. The Morgan fingerprint density at radius 1 is 1.04 bits per heavy atom. The van der Waals surface area contributed by atoms with Crippen molar-refractivity contribution in [1.82, 2.24) is 0 Å². The number of halogens is 1. The van der Waals surface area contributed by atoms with E-state index in [2.05, 4.69) is 5.32 Å². The minimum absolute atomic E-state index is 0.0394. The largest absolute Gasteiger partial charge is 0.326 e. The normalized spacial score (nSPS) is 16.8. The first-order valence-corrected chi connectivity index (χ1v) is 8.26. The summed E-state index contributed by atoms with van der Waals surface area (Å²) in [4.78, 5) is 28.5. The summed E-state index contributed by atoms with van der Waals surface area (Å²) in [6, 6.07) is 14.4. The summed E-state index contributed by atoms with van der Waals surface area (Å²) in [5.41, 5.74) is 2.21. The third-order valence-corrected chi connectivity index (χ3v) is 4.50. The molecule has 1 saturated carbocycles. The van der Waals surface area contributed by atoms with Gasteiger partial charge in [-0.3, -0.25) is 9.69 Å². The number of anilines is 3. The van der Waals surface area contributed by atoms with Crippen LogP contribution in [0.4, 0.5) is 21.9 Å². The summed E-state index contributed by atoms with van der Waals surface area (Å²) in [5.74, 6) is -0.0394. The van der Waals surface area contributed by atoms with Crippen molar-refractivity contribution in [3.63, 3.8) is 0 Å². The molecule has 4 rings (SSSR count). The highest BCUT2D eigenvalue weighted by Crippen LogP contribution is 2.40. The summed E-state index contributed by atoms with van der Waals surface area (Å²) < 4.78 is 0. The fourth-order valence-electron chi connectivity index (χ4n) is 2.97. The predicted octanol–water partition coefficient (Wildman–Crippen LogP) is 3.89. The van der Waals surface area contributed by atoms with Gasteiger partial charge >= 0.3 is 6.03 Å². The van der Waals surface area contributed by atoms with Gasteiger partial charge in [0.05, 0.1) is 11.4 Å². The van der Waals surface area contributed by atoms with Crippen LogP contribution < -0.4 is 15.1 Å². The van der Waals surface area contributed by atoms with Gasteiger partial charge in [0.2, 0.25) is 5.91 Å². The maximum atomic E-state index is 12.7. The van der Waals surface area contributed by atoms with Crippen LogP contribution in [-0.4, -0.2) is 24.5 Å². The van der Waals surface area contributed by atoms with Crippen molar-refractivity contribution in [3.8, 4) is 0 Å². The molecular weight excluding hydrogens is 326 g/mol. The molecular formula is C18H16ClN3O2. The monoisotopic (exact) mass is 341 g/mol. The number of carbonyl (C=O) groups is 2. The molecule has 1 fully saturated rings. The fourth-order valence-corrected chi connectivity index (χ4v) is 3.09. The summed E-state index contributed by atoms with van der Waals surface area (Å²) >= 11 is 5.86. The van der Waals surface area contributed by atoms with Crippen LogP contribution in [0, 0.1) is 0 Å². The first-order valence-electron chi connectivity index (χ1n) is 7.88. The van der Waals surface area contributed by atoms with E-state index < -0.39 is 0 Å². The van der Waals surface area contributed by atoms with Crippen LogP contribution in [0.25, 0.3) is 0 Å².